The third kappa shape index (κ3) is 2.37. The first-order chi connectivity index (χ1) is 5.22. The summed E-state index contributed by atoms with van der Waals surface area (Å²) in [6, 6.07) is 0. The number of nitrogens with one attached hydrogen (secondary N) is 1. The van der Waals surface area contributed by atoms with E-state index in [0.29, 0.717) is 5.03 Å². The number of thioether (sulfide) groups is 1. The normalized spacial score (nSPS) is 22.3. The van der Waals surface area contributed by atoms with Crippen molar-refractivity contribution in [2.45, 2.75) is 6.42 Å². The fourth-order valence-corrected chi connectivity index (χ4v) is 2.09. The van der Waals surface area contributed by atoms with Gasteiger partial charge in [0.05, 0.1) is 4.92 Å². The highest BCUT2D eigenvalue weighted by atomic mass is 79.9. The number of nitrogens with zero attached hydrogens (tertiary/aromatic N) is 1. The summed E-state index contributed by atoms with van der Waals surface area (Å²) in [5, 5.41) is 13.8. The van der Waals surface area contributed by atoms with Gasteiger partial charge in [-0.15, -0.1) is 11.8 Å². The molecule has 0 bridgehead atoms. The molecule has 62 valence electrons. The van der Waals surface area contributed by atoms with Crippen molar-refractivity contribution in [3.63, 3.8) is 0 Å². The van der Waals surface area contributed by atoms with E-state index in [9.17, 15) is 10.1 Å². The molecular formula is C5H7BrN2O2S. The van der Waals surface area contributed by atoms with Gasteiger partial charge < -0.3 is 5.32 Å². The van der Waals surface area contributed by atoms with E-state index in [-0.39, 0.29) is 4.61 Å². The number of rotatable bonds is 1. The second-order valence-corrected chi connectivity index (χ2v) is 3.86. The molecule has 1 saturated heterocycles. The quantitative estimate of drug-likeness (QED) is 0.428. The minimum Gasteiger partial charge on any atom is -0.374 e. The number of halogens is 1. The molecule has 11 heavy (non-hydrogen) atoms. The third-order valence-electron chi connectivity index (χ3n) is 1.20. The molecule has 1 heterocycles. The van der Waals surface area contributed by atoms with E-state index in [0.717, 1.165) is 18.7 Å². The standard InChI is InChI=1S/C5H7BrN2O2S/c6-4(8(9)10)5-7-2-1-3-11-5/h7H,1-3H2. The molecule has 0 aromatic carbocycles. The molecule has 0 aliphatic carbocycles. The zero-order valence-electron chi connectivity index (χ0n) is 5.67. The van der Waals surface area contributed by atoms with E-state index in [4.69, 9.17) is 0 Å². The summed E-state index contributed by atoms with van der Waals surface area (Å²) in [6.45, 7) is 0.825. The molecule has 0 spiro atoms. The van der Waals surface area contributed by atoms with Crippen LogP contribution in [0.1, 0.15) is 6.42 Å². The highest BCUT2D eigenvalue weighted by Gasteiger charge is 2.17. The van der Waals surface area contributed by atoms with Crippen LogP contribution in [0.4, 0.5) is 0 Å². The molecule has 4 nitrogen and oxygen atoms in total. The van der Waals surface area contributed by atoms with Crippen molar-refractivity contribution >= 4 is 27.7 Å². The molecule has 0 aromatic rings. The van der Waals surface area contributed by atoms with E-state index in [1.807, 2.05) is 0 Å². The van der Waals surface area contributed by atoms with Crippen LogP contribution in [-0.4, -0.2) is 17.2 Å². The molecule has 6 heteroatoms. The number of nitro groups is 1. The van der Waals surface area contributed by atoms with E-state index >= 15 is 0 Å². The van der Waals surface area contributed by atoms with E-state index in [1.165, 1.54) is 11.8 Å². The van der Waals surface area contributed by atoms with Gasteiger partial charge in [-0.25, -0.2) is 0 Å². The van der Waals surface area contributed by atoms with E-state index in [2.05, 4.69) is 21.2 Å². The lowest BCUT2D eigenvalue weighted by atomic mass is 10.5. The SMILES string of the molecule is O=[N+]([O-])C(Br)=C1NCCCS1. The first-order valence-electron chi connectivity index (χ1n) is 3.12. The Morgan fingerprint density at radius 2 is 2.55 bits per heavy atom. The molecule has 0 atom stereocenters. The number of hydrogen-bond donors (Lipinski definition) is 1. The topological polar surface area (TPSA) is 55.2 Å². The Morgan fingerprint density at radius 3 is 3.00 bits per heavy atom. The third-order valence-corrected chi connectivity index (χ3v) is 3.27. The van der Waals surface area contributed by atoms with Gasteiger partial charge in [0.25, 0.3) is 0 Å². The molecule has 1 fully saturated rings. The van der Waals surface area contributed by atoms with Crippen molar-refractivity contribution in [2.75, 3.05) is 12.3 Å². The smallest absolute Gasteiger partial charge is 0.340 e. The van der Waals surface area contributed by atoms with Gasteiger partial charge in [-0.1, -0.05) is 0 Å². The molecule has 1 rings (SSSR count). The first-order valence-corrected chi connectivity index (χ1v) is 4.90. The van der Waals surface area contributed by atoms with Gasteiger partial charge in [-0.3, -0.25) is 10.1 Å². The molecule has 0 radical (unpaired) electrons. The second kappa shape index (κ2) is 3.96. The Bertz CT molecular complexity index is 199. The maximum absolute atomic E-state index is 10.2. The average molecular weight is 239 g/mol. The zero-order chi connectivity index (χ0) is 8.27. The molecule has 0 amide bonds. The van der Waals surface area contributed by atoms with Crippen molar-refractivity contribution in [1.82, 2.24) is 5.32 Å². The summed E-state index contributed by atoms with van der Waals surface area (Å²) in [7, 11) is 0. The summed E-state index contributed by atoms with van der Waals surface area (Å²) in [5.74, 6) is 0.950. The van der Waals surface area contributed by atoms with Gasteiger partial charge >= 0.3 is 4.61 Å². The lowest BCUT2D eigenvalue weighted by Crippen LogP contribution is -2.20. The predicted octanol–water partition coefficient (Wildman–Crippen LogP) is 1.51. The molecule has 1 aliphatic heterocycles. The van der Waals surface area contributed by atoms with Crippen molar-refractivity contribution in [3.8, 4) is 0 Å². The van der Waals surface area contributed by atoms with Gasteiger partial charge in [-0.05, 0) is 6.42 Å². The van der Waals surface area contributed by atoms with Crippen LogP contribution in [0.5, 0.6) is 0 Å². The minimum absolute atomic E-state index is 0.0437. The van der Waals surface area contributed by atoms with Gasteiger partial charge in [-0.2, -0.15) is 0 Å². The van der Waals surface area contributed by atoms with Gasteiger partial charge in [0.15, 0.2) is 5.03 Å². The maximum Gasteiger partial charge on any atom is 0.340 e. The van der Waals surface area contributed by atoms with Gasteiger partial charge in [0, 0.05) is 28.2 Å². The van der Waals surface area contributed by atoms with Crippen LogP contribution >= 0.6 is 27.7 Å². The largest absolute Gasteiger partial charge is 0.374 e. The fourth-order valence-electron chi connectivity index (χ4n) is 0.715. The monoisotopic (exact) mass is 238 g/mol. The summed E-state index contributed by atoms with van der Waals surface area (Å²) in [5.41, 5.74) is 0. The van der Waals surface area contributed by atoms with Crippen LogP contribution in [0.2, 0.25) is 0 Å². The Balaban J connectivity index is 2.68. The van der Waals surface area contributed by atoms with E-state index in [1.54, 1.807) is 0 Å². The second-order valence-electron chi connectivity index (χ2n) is 2.01. The fraction of sp³-hybridized carbons (Fsp3) is 0.600. The Hall–Kier alpha value is -0.230. The lowest BCUT2D eigenvalue weighted by Gasteiger charge is -2.13. The zero-order valence-corrected chi connectivity index (χ0v) is 8.07. The van der Waals surface area contributed by atoms with E-state index < -0.39 is 4.92 Å². The predicted molar refractivity (Wildman–Crippen MR) is 48.0 cm³/mol. The van der Waals surface area contributed by atoms with Crippen molar-refractivity contribution < 1.29 is 4.92 Å². The molecule has 0 unspecified atom stereocenters. The van der Waals surface area contributed by atoms with Crippen molar-refractivity contribution in [2.24, 2.45) is 0 Å². The Labute approximate surface area is 76.7 Å². The Kier molecular flexibility index (Phi) is 3.19. The summed E-state index contributed by atoms with van der Waals surface area (Å²) in [4.78, 5) is 9.82. The minimum atomic E-state index is -0.430. The lowest BCUT2D eigenvalue weighted by molar-refractivity contribution is -0.409. The summed E-state index contributed by atoms with van der Waals surface area (Å²) >= 11 is 4.38. The van der Waals surface area contributed by atoms with Crippen molar-refractivity contribution in [3.05, 3.63) is 19.7 Å². The molecular weight excluding hydrogens is 232 g/mol. The van der Waals surface area contributed by atoms with Crippen molar-refractivity contribution in [1.29, 1.82) is 0 Å². The maximum atomic E-state index is 10.2. The average Bonchev–Trinajstić information content (AvgIpc) is 2.05. The van der Waals surface area contributed by atoms with Crippen LogP contribution in [0.25, 0.3) is 0 Å². The molecule has 1 aliphatic rings. The van der Waals surface area contributed by atoms with Gasteiger partial charge in [0.2, 0.25) is 0 Å². The summed E-state index contributed by atoms with van der Waals surface area (Å²) in [6.07, 6.45) is 1.06. The summed E-state index contributed by atoms with van der Waals surface area (Å²) < 4.78 is 0.0437. The van der Waals surface area contributed by atoms with Crippen LogP contribution < -0.4 is 5.32 Å². The highest BCUT2D eigenvalue weighted by molar-refractivity contribution is 9.11. The molecule has 1 N–H and O–H groups in total. The molecule has 0 saturated carbocycles. The highest BCUT2D eigenvalue weighted by Crippen LogP contribution is 2.24. The van der Waals surface area contributed by atoms with Crippen LogP contribution in [0, 0.1) is 10.1 Å². The van der Waals surface area contributed by atoms with Crippen LogP contribution in [0.15, 0.2) is 9.64 Å². The Morgan fingerprint density at radius 1 is 1.82 bits per heavy atom. The van der Waals surface area contributed by atoms with Gasteiger partial charge in [0.1, 0.15) is 0 Å². The van der Waals surface area contributed by atoms with Crippen LogP contribution in [-0.2, 0) is 0 Å². The number of hydrogen-bond acceptors (Lipinski definition) is 4. The molecule has 0 aromatic heterocycles. The van der Waals surface area contributed by atoms with Crippen LogP contribution in [0.3, 0.4) is 0 Å². The first kappa shape index (κ1) is 8.86.